The Kier molecular flexibility index (Phi) is 3.86. The molecule has 0 bridgehead atoms. The van der Waals surface area contributed by atoms with Crippen molar-refractivity contribution in [3.8, 4) is 0 Å². The number of anilines is 1. The first-order valence-corrected chi connectivity index (χ1v) is 6.59. The van der Waals surface area contributed by atoms with Gasteiger partial charge in [-0.15, -0.1) is 0 Å². The van der Waals surface area contributed by atoms with Crippen molar-refractivity contribution in [2.75, 3.05) is 11.9 Å². The van der Waals surface area contributed by atoms with Crippen LogP contribution in [0.1, 0.15) is 11.1 Å². The molecule has 0 aliphatic carbocycles. The minimum absolute atomic E-state index is 0.797. The van der Waals surface area contributed by atoms with Crippen molar-refractivity contribution in [2.24, 2.45) is 0 Å². The Bertz CT molecular complexity index is 431. The number of thiophene rings is 1. The lowest BCUT2D eigenvalue weighted by Gasteiger charge is -2.10. The van der Waals surface area contributed by atoms with Crippen LogP contribution in [-0.4, -0.2) is 6.54 Å². The Balaban J connectivity index is 1.95. The first-order valence-electron chi connectivity index (χ1n) is 5.27. The number of para-hydroxylation sites is 1. The van der Waals surface area contributed by atoms with Crippen molar-refractivity contribution in [3.63, 3.8) is 0 Å². The summed E-state index contributed by atoms with van der Waals surface area (Å²) < 4.78 is 0. The van der Waals surface area contributed by atoms with Gasteiger partial charge in [-0.1, -0.05) is 23.7 Å². The summed E-state index contributed by atoms with van der Waals surface area (Å²) in [5.41, 5.74) is 3.62. The fraction of sp³-hybridized carbons (Fsp3) is 0.231. The van der Waals surface area contributed by atoms with E-state index in [4.69, 9.17) is 11.6 Å². The highest BCUT2D eigenvalue weighted by Gasteiger charge is 2.02. The lowest BCUT2D eigenvalue weighted by Crippen LogP contribution is -2.05. The zero-order valence-corrected chi connectivity index (χ0v) is 10.7. The second-order valence-corrected chi connectivity index (χ2v) is 4.93. The third-order valence-electron chi connectivity index (χ3n) is 2.52. The SMILES string of the molecule is Cc1cccc(Cl)c1NCCc1ccsc1. The van der Waals surface area contributed by atoms with Crippen LogP contribution in [0.25, 0.3) is 0 Å². The Labute approximate surface area is 105 Å². The highest BCUT2D eigenvalue weighted by atomic mass is 35.5. The van der Waals surface area contributed by atoms with E-state index in [-0.39, 0.29) is 0 Å². The van der Waals surface area contributed by atoms with Crippen molar-refractivity contribution in [3.05, 3.63) is 51.2 Å². The number of aryl methyl sites for hydroxylation is 1. The molecule has 0 saturated heterocycles. The van der Waals surface area contributed by atoms with Crippen LogP contribution in [0.3, 0.4) is 0 Å². The van der Waals surface area contributed by atoms with Gasteiger partial charge in [0.25, 0.3) is 0 Å². The first-order chi connectivity index (χ1) is 7.77. The second-order valence-electron chi connectivity index (χ2n) is 3.74. The van der Waals surface area contributed by atoms with Crippen LogP contribution in [0.2, 0.25) is 5.02 Å². The van der Waals surface area contributed by atoms with Crippen molar-refractivity contribution < 1.29 is 0 Å². The molecule has 84 valence electrons. The molecule has 0 radical (unpaired) electrons. The van der Waals surface area contributed by atoms with Crippen LogP contribution in [-0.2, 0) is 6.42 Å². The molecule has 16 heavy (non-hydrogen) atoms. The van der Waals surface area contributed by atoms with Gasteiger partial charge in [0.1, 0.15) is 0 Å². The van der Waals surface area contributed by atoms with Gasteiger partial charge in [0.2, 0.25) is 0 Å². The summed E-state index contributed by atoms with van der Waals surface area (Å²) in [7, 11) is 0. The van der Waals surface area contributed by atoms with Gasteiger partial charge in [-0.3, -0.25) is 0 Å². The third-order valence-corrected chi connectivity index (χ3v) is 3.56. The standard InChI is InChI=1S/C13H14ClNS/c1-10-3-2-4-12(14)13(10)15-7-5-11-6-8-16-9-11/h2-4,6,8-9,15H,5,7H2,1H3. The Morgan fingerprint density at radius 1 is 1.31 bits per heavy atom. The molecule has 0 saturated carbocycles. The van der Waals surface area contributed by atoms with Crippen LogP contribution in [0.5, 0.6) is 0 Å². The molecular formula is C13H14ClNS. The van der Waals surface area contributed by atoms with Crippen LogP contribution in [0.4, 0.5) is 5.69 Å². The highest BCUT2D eigenvalue weighted by Crippen LogP contribution is 2.25. The van der Waals surface area contributed by atoms with Crippen LogP contribution >= 0.6 is 22.9 Å². The molecule has 0 aliphatic rings. The maximum absolute atomic E-state index is 6.13. The Morgan fingerprint density at radius 2 is 2.19 bits per heavy atom. The van der Waals surface area contributed by atoms with Crippen molar-refractivity contribution in [2.45, 2.75) is 13.3 Å². The quantitative estimate of drug-likeness (QED) is 0.851. The number of rotatable bonds is 4. The average molecular weight is 252 g/mol. The lowest BCUT2D eigenvalue weighted by atomic mass is 10.2. The zero-order valence-electron chi connectivity index (χ0n) is 9.16. The fourth-order valence-electron chi connectivity index (χ4n) is 1.62. The smallest absolute Gasteiger partial charge is 0.0640 e. The maximum Gasteiger partial charge on any atom is 0.0640 e. The van der Waals surface area contributed by atoms with Gasteiger partial charge in [0, 0.05) is 6.54 Å². The van der Waals surface area contributed by atoms with Crippen LogP contribution in [0, 0.1) is 6.92 Å². The summed E-state index contributed by atoms with van der Waals surface area (Å²) in [6.07, 6.45) is 1.04. The van der Waals surface area contributed by atoms with E-state index in [0.717, 1.165) is 23.7 Å². The number of halogens is 1. The molecule has 1 aromatic carbocycles. The van der Waals surface area contributed by atoms with E-state index in [1.165, 1.54) is 11.1 Å². The molecule has 1 nitrogen and oxygen atoms in total. The van der Waals surface area contributed by atoms with Crippen molar-refractivity contribution in [1.82, 2.24) is 0 Å². The molecule has 0 spiro atoms. The lowest BCUT2D eigenvalue weighted by molar-refractivity contribution is 1.02. The fourth-order valence-corrected chi connectivity index (χ4v) is 2.61. The van der Waals surface area contributed by atoms with Gasteiger partial charge in [-0.05, 0) is 47.4 Å². The molecule has 3 heteroatoms. The third kappa shape index (κ3) is 2.77. The summed E-state index contributed by atoms with van der Waals surface area (Å²) in [6.45, 7) is 2.99. The summed E-state index contributed by atoms with van der Waals surface area (Å²) in [4.78, 5) is 0. The van der Waals surface area contributed by atoms with Gasteiger partial charge in [-0.2, -0.15) is 11.3 Å². The second kappa shape index (κ2) is 5.37. The summed E-state index contributed by atoms with van der Waals surface area (Å²) in [6, 6.07) is 8.12. The monoisotopic (exact) mass is 251 g/mol. The molecule has 1 heterocycles. The summed E-state index contributed by atoms with van der Waals surface area (Å²) in [5.74, 6) is 0. The maximum atomic E-state index is 6.13. The normalized spacial score (nSPS) is 10.4. The predicted octanol–water partition coefficient (Wildman–Crippen LogP) is 4.36. The van der Waals surface area contributed by atoms with E-state index in [2.05, 4.69) is 35.1 Å². The molecule has 0 amide bonds. The van der Waals surface area contributed by atoms with Gasteiger partial charge in [0.15, 0.2) is 0 Å². The van der Waals surface area contributed by atoms with Crippen LogP contribution in [0.15, 0.2) is 35.0 Å². The van der Waals surface area contributed by atoms with Crippen LogP contribution < -0.4 is 5.32 Å². The molecule has 1 aromatic heterocycles. The Hall–Kier alpha value is -0.990. The molecule has 0 unspecified atom stereocenters. The molecule has 2 rings (SSSR count). The van der Waals surface area contributed by atoms with Crippen molar-refractivity contribution in [1.29, 1.82) is 0 Å². The zero-order chi connectivity index (χ0) is 11.4. The minimum atomic E-state index is 0.797. The molecule has 0 atom stereocenters. The predicted molar refractivity (Wildman–Crippen MR) is 72.7 cm³/mol. The summed E-state index contributed by atoms with van der Waals surface area (Å²) >= 11 is 7.87. The molecule has 0 aliphatic heterocycles. The van der Waals surface area contributed by atoms with E-state index in [1.807, 2.05) is 12.1 Å². The van der Waals surface area contributed by atoms with E-state index >= 15 is 0 Å². The van der Waals surface area contributed by atoms with Gasteiger partial charge in [0.05, 0.1) is 10.7 Å². The van der Waals surface area contributed by atoms with Crippen molar-refractivity contribution >= 4 is 28.6 Å². The summed E-state index contributed by atoms with van der Waals surface area (Å²) in [5, 5.41) is 8.48. The largest absolute Gasteiger partial charge is 0.383 e. The number of hydrogen-bond acceptors (Lipinski definition) is 2. The van der Waals surface area contributed by atoms with E-state index in [0.29, 0.717) is 0 Å². The molecule has 2 aromatic rings. The number of nitrogens with one attached hydrogen (secondary N) is 1. The van der Waals surface area contributed by atoms with Gasteiger partial charge >= 0.3 is 0 Å². The van der Waals surface area contributed by atoms with E-state index in [9.17, 15) is 0 Å². The Morgan fingerprint density at radius 3 is 2.88 bits per heavy atom. The topological polar surface area (TPSA) is 12.0 Å². The number of benzene rings is 1. The number of hydrogen-bond donors (Lipinski definition) is 1. The highest BCUT2D eigenvalue weighted by molar-refractivity contribution is 7.07. The minimum Gasteiger partial charge on any atom is -0.383 e. The molecule has 0 fully saturated rings. The molecule has 1 N–H and O–H groups in total. The average Bonchev–Trinajstić information content (AvgIpc) is 2.75. The van der Waals surface area contributed by atoms with E-state index < -0.39 is 0 Å². The van der Waals surface area contributed by atoms with E-state index in [1.54, 1.807) is 11.3 Å². The first kappa shape index (κ1) is 11.5. The van der Waals surface area contributed by atoms with Gasteiger partial charge < -0.3 is 5.32 Å². The van der Waals surface area contributed by atoms with Gasteiger partial charge in [-0.25, -0.2) is 0 Å². The molecular weight excluding hydrogens is 238 g/mol.